The van der Waals surface area contributed by atoms with E-state index in [9.17, 15) is 14.9 Å². The molecule has 0 aliphatic heterocycles. The van der Waals surface area contributed by atoms with Crippen LogP contribution >= 0.6 is 23.4 Å². The van der Waals surface area contributed by atoms with Gasteiger partial charge in [0.05, 0.1) is 16.2 Å². The highest BCUT2D eigenvalue weighted by atomic mass is 35.5. The number of rotatable bonds is 5. The maximum absolute atomic E-state index is 12.2. The summed E-state index contributed by atoms with van der Waals surface area (Å²) in [7, 11) is 0. The molecule has 7 nitrogen and oxygen atoms in total. The van der Waals surface area contributed by atoms with Gasteiger partial charge in [0.15, 0.2) is 0 Å². The molecule has 26 heavy (non-hydrogen) atoms. The fourth-order valence-corrected chi connectivity index (χ4v) is 3.38. The summed E-state index contributed by atoms with van der Waals surface area (Å²) in [4.78, 5) is 31.5. The van der Waals surface area contributed by atoms with E-state index in [0.717, 1.165) is 10.9 Å². The molecule has 0 unspecified atom stereocenters. The number of thioether (sulfide) groups is 1. The van der Waals surface area contributed by atoms with Crippen LogP contribution in [0.15, 0.2) is 47.5 Å². The van der Waals surface area contributed by atoms with Gasteiger partial charge >= 0.3 is 0 Å². The van der Waals surface area contributed by atoms with Crippen LogP contribution in [-0.4, -0.2) is 26.6 Å². The van der Waals surface area contributed by atoms with Gasteiger partial charge in [0.1, 0.15) is 16.5 Å². The molecule has 1 heterocycles. The van der Waals surface area contributed by atoms with Crippen molar-refractivity contribution in [3.63, 3.8) is 0 Å². The second-order valence-electron chi connectivity index (χ2n) is 5.35. The van der Waals surface area contributed by atoms with Crippen LogP contribution in [0, 0.1) is 17.0 Å². The topological polar surface area (TPSA) is 98.0 Å². The molecular weight excluding hydrogens is 376 g/mol. The minimum atomic E-state index is -0.587. The van der Waals surface area contributed by atoms with Gasteiger partial charge in [-0.2, -0.15) is 0 Å². The molecule has 0 fully saturated rings. The lowest BCUT2D eigenvalue weighted by Crippen LogP contribution is -2.15. The number of halogens is 1. The number of fused-ring (bicyclic) bond motifs is 1. The van der Waals surface area contributed by atoms with Crippen LogP contribution in [-0.2, 0) is 4.79 Å². The van der Waals surface area contributed by atoms with Gasteiger partial charge in [-0.25, -0.2) is 9.97 Å². The third-order valence-corrected chi connectivity index (χ3v) is 4.68. The van der Waals surface area contributed by atoms with E-state index in [1.807, 2.05) is 24.3 Å². The fraction of sp³-hybridized carbons (Fsp3) is 0.118. The Morgan fingerprint density at radius 3 is 2.81 bits per heavy atom. The first-order valence-corrected chi connectivity index (χ1v) is 8.90. The molecule has 0 bridgehead atoms. The molecular formula is C17H13ClN4O3S. The van der Waals surface area contributed by atoms with Crippen molar-refractivity contribution in [2.24, 2.45) is 0 Å². The van der Waals surface area contributed by atoms with Crippen LogP contribution in [0.5, 0.6) is 0 Å². The quantitative estimate of drug-likeness (QED) is 0.304. The van der Waals surface area contributed by atoms with E-state index in [2.05, 4.69) is 15.3 Å². The Bertz CT molecular complexity index is 1010. The molecule has 1 amide bonds. The molecule has 1 aromatic heterocycles. The Morgan fingerprint density at radius 2 is 2.04 bits per heavy atom. The predicted octanol–water partition coefficient (Wildman–Crippen LogP) is 4.23. The highest BCUT2D eigenvalue weighted by Gasteiger charge is 2.17. The van der Waals surface area contributed by atoms with Crippen molar-refractivity contribution in [1.29, 1.82) is 0 Å². The number of hydrogen-bond donors (Lipinski definition) is 1. The number of para-hydroxylation sites is 1. The van der Waals surface area contributed by atoms with Crippen molar-refractivity contribution in [3.8, 4) is 0 Å². The zero-order valence-corrected chi connectivity index (χ0v) is 15.2. The number of hydrogen-bond acceptors (Lipinski definition) is 6. The van der Waals surface area contributed by atoms with E-state index >= 15 is 0 Å². The highest BCUT2D eigenvalue weighted by molar-refractivity contribution is 8.00. The predicted molar refractivity (Wildman–Crippen MR) is 102 cm³/mol. The van der Waals surface area contributed by atoms with Crippen LogP contribution < -0.4 is 5.32 Å². The smallest absolute Gasteiger partial charge is 0.294 e. The van der Waals surface area contributed by atoms with Crippen molar-refractivity contribution < 1.29 is 9.72 Å². The number of aromatic nitrogens is 2. The number of amides is 1. The van der Waals surface area contributed by atoms with Crippen molar-refractivity contribution in [2.45, 2.75) is 11.9 Å². The zero-order valence-electron chi connectivity index (χ0n) is 13.6. The summed E-state index contributed by atoms with van der Waals surface area (Å²) in [6, 6.07) is 11.6. The van der Waals surface area contributed by atoms with Gasteiger partial charge in [-0.1, -0.05) is 41.6 Å². The van der Waals surface area contributed by atoms with Gasteiger partial charge < -0.3 is 5.32 Å². The Labute approximate surface area is 157 Å². The molecule has 3 rings (SSSR count). The molecule has 0 aliphatic carbocycles. The van der Waals surface area contributed by atoms with Crippen LogP contribution in [0.1, 0.15) is 5.82 Å². The van der Waals surface area contributed by atoms with E-state index in [0.29, 0.717) is 10.9 Å². The van der Waals surface area contributed by atoms with Gasteiger partial charge in [-0.05, 0) is 25.1 Å². The number of aryl methyl sites for hydroxylation is 1. The summed E-state index contributed by atoms with van der Waals surface area (Å²) in [5, 5.41) is 15.4. The van der Waals surface area contributed by atoms with E-state index in [-0.39, 0.29) is 28.1 Å². The Kier molecular flexibility index (Phi) is 5.34. The number of nitrogens with zero attached hydrogens (tertiary/aromatic N) is 3. The number of nitro benzene ring substituents is 1. The molecule has 1 N–H and O–H groups in total. The number of anilines is 1. The van der Waals surface area contributed by atoms with Gasteiger partial charge in [0.25, 0.3) is 5.69 Å². The van der Waals surface area contributed by atoms with Crippen LogP contribution in [0.3, 0.4) is 0 Å². The molecule has 132 valence electrons. The summed E-state index contributed by atoms with van der Waals surface area (Å²) in [5.74, 6) is 0.293. The lowest BCUT2D eigenvalue weighted by atomic mass is 10.2. The summed E-state index contributed by atoms with van der Waals surface area (Å²) in [5.41, 5.74) is 0.657. The monoisotopic (exact) mass is 388 g/mol. The number of carbonyl (C=O) groups is 1. The second kappa shape index (κ2) is 7.67. The van der Waals surface area contributed by atoms with Gasteiger partial charge in [0, 0.05) is 16.5 Å². The van der Waals surface area contributed by atoms with Crippen molar-refractivity contribution in [1.82, 2.24) is 9.97 Å². The molecule has 0 atom stereocenters. The summed E-state index contributed by atoms with van der Waals surface area (Å²) in [6.07, 6.45) is 0. The molecule has 0 spiro atoms. The lowest BCUT2D eigenvalue weighted by molar-refractivity contribution is -0.383. The van der Waals surface area contributed by atoms with Crippen molar-refractivity contribution in [3.05, 3.63) is 63.4 Å². The number of benzene rings is 2. The highest BCUT2D eigenvalue weighted by Crippen LogP contribution is 2.29. The Balaban J connectivity index is 1.76. The first kappa shape index (κ1) is 18.1. The van der Waals surface area contributed by atoms with E-state index < -0.39 is 4.92 Å². The molecule has 9 heteroatoms. The largest absolute Gasteiger partial charge is 0.320 e. The number of nitro groups is 1. The minimum Gasteiger partial charge on any atom is -0.320 e. The molecule has 0 saturated heterocycles. The molecule has 0 saturated carbocycles. The van der Waals surface area contributed by atoms with Crippen molar-refractivity contribution in [2.75, 3.05) is 11.1 Å². The molecule has 0 aliphatic rings. The first-order valence-electron chi connectivity index (χ1n) is 7.54. The Morgan fingerprint density at radius 1 is 1.27 bits per heavy atom. The second-order valence-corrected chi connectivity index (χ2v) is 6.75. The Hall–Kier alpha value is -2.71. The van der Waals surface area contributed by atoms with Gasteiger partial charge in [0.2, 0.25) is 5.91 Å². The van der Waals surface area contributed by atoms with Crippen LogP contribution in [0.25, 0.3) is 10.9 Å². The van der Waals surface area contributed by atoms with Gasteiger partial charge in [-0.15, -0.1) is 0 Å². The zero-order chi connectivity index (χ0) is 18.7. The average Bonchev–Trinajstić information content (AvgIpc) is 2.61. The van der Waals surface area contributed by atoms with Crippen LogP contribution in [0.4, 0.5) is 11.4 Å². The third-order valence-electron chi connectivity index (χ3n) is 3.45. The summed E-state index contributed by atoms with van der Waals surface area (Å²) < 4.78 is 0. The number of nitrogens with one attached hydrogen (secondary N) is 1. The number of carbonyl (C=O) groups excluding carboxylic acids is 1. The molecule has 0 radical (unpaired) electrons. The SMILES string of the molecule is Cc1nc(SCC(=O)Nc2ccc(Cl)cc2[N+](=O)[O-])c2ccccc2n1. The standard InChI is InChI=1S/C17H13ClN4O3S/c1-10-19-13-5-3-2-4-12(13)17(20-10)26-9-16(23)21-14-7-6-11(18)8-15(14)22(24)25/h2-8H,9H2,1H3,(H,21,23). The maximum atomic E-state index is 12.2. The average molecular weight is 389 g/mol. The first-order chi connectivity index (χ1) is 12.4. The summed E-state index contributed by atoms with van der Waals surface area (Å²) in [6.45, 7) is 1.79. The maximum Gasteiger partial charge on any atom is 0.294 e. The van der Waals surface area contributed by atoms with E-state index in [1.54, 1.807) is 6.92 Å². The minimum absolute atomic E-state index is 0.0558. The normalized spacial score (nSPS) is 10.7. The fourth-order valence-electron chi connectivity index (χ4n) is 2.35. The van der Waals surface area contributed by atoms with Crippen LogP contribution in [0.2, 0.25) is 5.02 Å². The lowest BCUT2D eigenvalue weighted by Gasteiger charge is -2.08. The van der Waals surface area contributed by atoms with E-state index in [1.165, 1.54) is 30.0 Å². The van der Waals surface area contributed by atoms with E-state index in [4.69, 9.17) is 11.6 Å². The van der Waals surface area contributed by atoms with Gasteiger partial charge in [-0.3, -0.25) is 14.9 Å². The van der Waals surface area contributed by atoms with Crippen molar-refractivity contribution >= 4 is 51.5 Å². The summed E-state index contributed by atoms with van der Waals surface area (Å²) >= 11 is 7.02. The molecule has 2 aromatic carbocycles. The molecule has 3 aromatic rings. The third kappa shape index (κ3) is 4.09.